The molecule has 30 heavy (non-hydrogen) atoms. The van der Waals surface area contributed by atoms with Crippen molar-refractivity contribution in [3.05, 3.63) is 87.6 Å². The summed E-state index contributed by atoms with van der Waals surface area (Å²) in [7, 11) is 0. The molecule has 2 aromatic heterocycles. The molecule has 0 bridgehead atoms. The van der Waals surface area contributed by atoms with E-state index in [1.807, 2.05) is 6.07 Å². The van der Waals surface area contributed by atoms with Crippen molar-refractivity contribution < 1.29 is 0 Å². The van der Waals surface area contributed by atoms with E-state index in [9.17, 15) is 4.79 Å². The second kappa shape index (κ2) is 7.92. The second-order valence-electron chi connectivity index (χ2n) is 8.04. The van der Waals surface area contributed by atoms with Gasteiger partial charge in [0.1, 0.15) is 5.82 Å². The summed E-state index contributed by atoms with van der Waals surface area (Å²) in [6.45, 7) is 4.50. The van der Waals surface area contributed by atoms with E-state index in [2.05, 4.69) is 70.3 Å². The van der Waals surface area contributed by atoms with Crippen LogP contribution in [0.15, 0.2) is 59.4 Å². The highest BCUT2D eigenvalue weighted by Crippen LogP contribution is 2.32. The highest BCUT2D eigenvalue weighted by Gasteiger charge is 2.23. The van der Waals surface area contributed by atoms with Gasteiger partial charge in [-0.25, -0.2) is 4.98 Å². The van der Waals surface area contributed by atoms with E-state index in [0.717, 1.165) is 55.0 Å². The van der Waals surface area contributed by atoms with Crippen LogP contribution in [0.3, 0.4) is 0 Å². The number of aromatic nitrogens is 3. The standard InChI is InChI=1S/C25H26N4O/c1-2-8-23-26-22-16-29(14-13-19(22)25(30)28-23)15-20-18-11-6-7-12-21(18)27-24(20)17-9-4-3-5-10-17/h3-7,9-12,27H,2,8,13-16H2,1H3,(H,26,28,30). The molecular weight excluding hydrogens is 372 g/mol. The molecule has 5 heteroatoms. The van der Waals surface area contributed by atoms with Crippen molar-refractivity contribution >= 4 is 10.9 Å². The Bertz CT molecular complexity index is 1240. The van der Waals surface area contributed by atoms with Gasteiger partial charge in [-0.15, -0.1) is 0 Å². The van der Waals surface area contributed by atoms with Gasteiger partial charge >= 0.3 is 0 Å². The Morgan fingerprint density at radius 1 is 1.03 bits per heavy atom. The molecule has 5 rings (SSSR count). The van der Waals surface area contributed by atoms with Crippen LogP contribution in [0.5, 0.6) is 0 Å². The number of aromatic amines is 2. The van der Waals surface area contributed by atoms with Gasteiger partial charge in [-0.3, -0.25) is 9.69 Å². The lowest BCUT2D eigenvalue weighted by molar-refractivity contribution is 0.241. The average molecular weight is 399 g/mol. The topological polar surface area (TPSA) is 64.8 Å². The van der Waals surface area contributed by atoms with Gasteiger partial charge in [-0.05, 0) is 30.0 Å². The van der Waals surface area contributed by atoms with E-state index >= 15 is 0 Å². The van der Waals surface area contributed by atoms with Crippen LogP contribution >= 0.6 is 0 Å². The van der Waals surface area contributed by atoms with Gasteiger partial charge in [0.25, 0.3) is 5.56 Å². The summed E-state index contributed by atoms with van der Waals surface area (Å²) in [5.41, 5.74) is 6.67. The van der Waals surface area contributed by atoms with Gasteiger partial charge in [-0.1, -0.05) is 55.5 Å². The maximum Gasteiger partial charge on any atom is 0.254 e. The number of aryl methyl sites for hydroxylation is 1. The first-order valence-corrected chi connectivity index (χ1v) is 10.7. The minimum absolute atomic E-state index is 0.0418. The van der Waals surface area contributed by atoms with Crippen LogP contribution < -0.4 is 5.56 Å². The number of H-pyrrole nitrogens is 2. The lowest BCUT2D eigenvalue weighted by atomic mass is 10.0. The molecule has 152 valence electrons. The average Bonchev–Trinajstić information content (AvgIpc) is 3.13. The Balaban J connectivity index is 1.51. The molecule has 0 atom stereocenters. The fraction of sp³-hybridized carbons (Fsp3) is 0.280. The highest BCUT2D eigenvalue weighted by molar-refractivity contribution is 5.90. The molecule has 5 nitrogen and oxygen atoms in total. The van der Waals surface area contributed by atoms with Crippen LogP contribution in [0.2, 0.25) is 0 Å². The van der Waals surface area contributed by atoms with E-state index in [0.29, 0.717) is 6.54 Å². The molecule has 2 N–H and O–H groups in total. The molecule has 0 saturated heterocycles. The van der Waals surface area contributed by atoms with Crippen molar-refractivity contribution in [2.24, 2.45) is 0 Å². The van der Waals surface area contributed by atoms with E-state index in [1.54, 1.807) is 0 Å². The zero-order valence-electron chi connectivity index (χ0n) is 17.2. The zero-order chi connectivity index (χ0) is 20.5. The normalized spacial score (nSPS) is 14.2. The first-order valence-electron chi connectivity index (χ1n) is 10.7. The maximum atomic E-state index is 12.5. The fourth-order valence-corrected chi connectivity index (χ4v) is 4.47. The lowest BCUT2D eigenvalue weighted by Crippen LogP contribution is -2.35. The van der Waals surface area contributed by atoms with Crippen LogP contribution in [-0.4, -0.2) is 26.4 Å². The molecule has 4 aromatic rings. The summed E-state index contributed by atoms with van der Waals surface area (Å²) in [4.78, 5) is 26.3. The third-order valence-corrected chi connectivity index (χ3v) is 5.95. The number of nitrogens with one attached hydrogen (secondary N) is 2. The van der Waals surface area contributed by atoms with Gasteiger partial charge in [0.05, 0.1) is 11.4 Å². The number of nitrogens with zero attached hydrogens (tertiary/aromatic N) is 2. The largest absolute Gasteiger partial charge is 0.354 e. The molecule has 0 unspecified atom stereocenters. The predicted octanol–water partition coefficient (Wildman–Crippen LogP) is 4.43. The monoisotopic (exact) mass is 398 g/mol. The number of benzene rings is 2. The number of hydrogen-bond donors (Lipinski definition) is 2. The summed E-state index contributed by atoms with van der Waals surface area (Å²) in [6, 6.07) is 19.0. The van der Waals surface area contributed by atoms with Crippen molar-refractivity contribution in [3.8, 4) is 11.3 Å². The smallest absolute Gasteiger partial charge is 0.254 e. The summed E-state index contributed by atoms with van der Waals surface area (Å²) >= 11 is 0. The summed E-state index contributed by atoms with van der Waals surface area (Å²) in [5.74, 6) is 0.806. The first-order chi connectivity index (χ1) is 14.7. The van der Waals surface area contributed by atoms with Crippen molar-refractivity contribution in [2.75, 3.05) is 6.54 Å². The maximum absolute atomic E-state index is 12.5. The Morgan fingerprint density at radius 3 is 2.67 bits per heavy atom. The number of para-hydroxylation sites is 1. The Morgan fingerprint density at radius 2 is 1.83 bits per heavy atom. The Kier molecular flexibility index (Phi) is 4.97. The SMILES string of the molecule is CCCc1nc2c(c(=O)[nH]1)CCN(Cc1c(-c3ccccc3)[nH]c3ccccc13)C2. The molecular formula is C25H26N4O. The van der Waals surface area contributed by atoms with E-state index < -0.39 is 0 Å². The molecule has 1 aliphatic rings. The minimum Gasteiger partial charge on any atom is -0.354 e. The lowest BCUT2D eigenvalue weighted by Gasteiger charge is -2.28. The van der Waals surface area contributed by atoms with Gasteiger partial charge in [0, 0.05) is 42.5 Å². The molecule has 0 amide bonds. The Hall–Kier alpha value is -3.18. The van der Waals surface area contributed by atoms with Crippen LogP contribution in [0.4, 0.5) is 0 Å². The molecule has 2 aromatic carbocycles. The van der Waals surface area contributed by atoms with Crippen LogP contribution in [-0.2, 0) is 25.9 Å². The van der Waals surface area contributed by atoms with Gasteiger partial charge < -0.3 is 9.97 Å². The van der Waals surface area contributed by atoms with E-state index in [1.165, 1.54) is 22.2 Å². The quantitative estimate of drug-likeness (QED) is 0.523. The first kappa shape index (κ1) is 18.8. The third-order valence-electron chi connectivity index (χ3n) is 5.95. The van der Waals surface area contributed by atoms with Gasteiger partial charge in [-0.2, -0.15) is 0 Å². The minimum atomic E-state index is 0.0418. The molecule has 1 aliphatic heterocycles. The van der Waals surface area contributed by atoms with E-state index in [-0.39, 0.29) is 5.56 Å². The molecule has 0 radical (unpaired) electrons. The second-order valence-corrected chi connectivity index (χ2v) is 8.04. The van der Waals surface area contributed by atoms with Crippen molar-refractivity contribution in [2.45, 2.75) is 39.3 Å². The summed E-state index contributed by atoms with van der Waals surface area (Å²) in [5, 5.41) is 1.26. The summed E-state index contributed by atoms with van der Waals surface area (Å²) in [6.07, 6.45) is 2.53. The number of fused-ring (bicyclic) bond motifs is 2. The van der Waals surface area contributed by atoms with E-state index in [4.69, 9.17) is 4.98 Å². The fourth-order valence-electron chi connectivity index (χ4n) is 4.47. The number of rotatable bonds is 5. The van der Waals surface area contributed by atoms with Crippen molar-refractivity contribution in [1.82, 2.24) is 19.9 Å². The van der Waals surface area contributed by atoms with Crippen LogP contribution in [0.1, 0.15) is 36.0 Å². The predicted molar refractivity (Wildman–Crippen MR) is 120 cm³/mol. The molecule has 0 fully saturated rings. The van der Waals surface area contributed by atoms with Gasteiger partial charge in [0.15, 0.2) is 0 Å². The molecule has 0 spiro atoms. The van der Waals surface area contributed by atoms with Crippen LogP contribution in [0.25, 0.3) is 22.2 Å². The third kappa shape index (κ3) is 3.46. The van der Waals surface area contributed by atoms with Gasteiger partial charge in [0.2, 0.25) is 0 Å². The molecule has 0 aliphatic carbocycles. The van der Waals surface area contributed by atoms with Crippen molar-refractivity contribution in [1.29, 1.82) is 0 Å². The van der Waals surface area contributed by atoms with Crippen LogP contribution in [0, 0.1) is 0 Å². The van der Waals surface area contributed by atoms with Crippen molar-refractivity contribution in [3.63, 3.8) is 0 Å². The Labute approximate surface area is 175 Å². The summed E-state index contributed by atoms with van der Waals surface area (Å²) < 4.78 is 0. The molecule has 0 saturated carbocycles. The highest BCUT2D eigenvalue weighted by atomic mass is 16.1. The number of hydrogen-bond acceptors (Lipinski definition) is 3. The zero-order valence-corrected chi connectivity index (χ0v) is 17.2. The molecule has 3 heterocycles.